The van der Waals surface area contributed by atoms with Gasteiger partial charge < -0.3 is 14.8 Å². The Morgan fingerprint density at radius 1 is 1.47 bits per heavy atom. The molecular formula is C13H15BrClNO3. The molecule has 0 aliphatic carbocycles. The minimum Gasteiger partial charge on any atom is -0.465 e. The SMILES string of the molecule is COC(=O)c1cc(Cl)cc(NC2CCOCC2)c1Br. The summed E-state index contributed by atoms with van der Waals surface area (Å²) in [5.41, 5.74) is 1.23. The highest BCUT2D eigenvalue weighted by molar-refractivity contribution is 9.10. The maximum Gasteiger partial charge on any atom is 0.339 e. The quantitative estimate of drug-likeness (QED) is 0.850. The number of methoxy groups -OCH3 is 1. The first-order valence-electron chi connectivity index (χ1n) is 6.03. The van der Waals surface area contributed by atoms with Crippen LogP contribution in [0.25, 0.3) is 0 Å². The molecule has 1 heterocycles. The third-order valence-corrected chi connectivity index (χ3v) is 4.10. The molecule has 104 valence electrons. The Kier molecular flexibility index (Phi) is 5.07. The lowest BCUT2D eigenvalue weighted by molar-refractivity contribution is 0.0599. The van der Waals surface area contributed by atoms with Crippen molar-refractivity contribution in [3.8, 4) is 0 Å². The van der Waals surface area contributed by atoms with E-state index in [2.05, 4.69) is 21.2 Å². The van der Waals surface area contributed by atoms with E-state index in [9.17, 15) is 4.79 Å². The number of nitrogens with one attached hydrogen (secondary N) is 1. The zero-order valence-corrected chi connectivity index (χ0v) is 12.9. The number of ether oxygens (including phenoxy) is 2. The standard InChI is InChI=1S/C13H15BrClNO3/c1-18-13(17)10-6-8(15)7-11(12(10)14)16-9-2-4-19-5-3-9/h6-7,9,16H,2-5H2,1H3. The van der Waals surface area contributed by atoms with Crippen molar-refractivity contribution in [2.45, 2.75) is 18.9 Å². The molecule has 0 aromatic heterocycles. The van der Waals surface area contributed by atoms with Crippen LogP contribution in [-0.4, -0.2) is 32.3 Å². The van der Waals surface area contributed by atoms with E-state index in [1.165, 1.54) is 7.11 Å². The number of anilines is 1. The summed E-state index contributed by atoms with van der Waals surface area (Å²) in [4.78, 5) is 11.7. The van der Waals surface area contributed by atoms with E-state index in [1.54, 1.807) is 12.1 Å². The van der Waals surface area contributed by atoms with Gasteiger partial charge in [-0.15, -0.1) is 0 Å². The topological polar surface area (TPSA) is 47.6 Å². The van der Waals surface area contributed by atoms with Crippen LogP contribution in [0.15, 0.2) is 16.6 Å². The number of halogens is 2. The molecule has 0 bridgehead atoms. The second kappa shape index (κ2) is 6.59. The van der Waals surface area contributed by atoms with E-state index in [-0.39, 0.29) is 0 Å². The molecule has 0 amide bonds. The van der Waals surface area contributed by atoms with E-state index in [4.69, 9.17) is 21.1 Å². The second-order valence-corrected chi connectivity index (χ2v) is 5.57. The lowest BCUT2D eigenvalue weighted by atomic mass is 10.1. The summed E-state index contributed by atoms with van der Waals surface area (Å²) in [6, 6.07) is 3.72. The summed E-state index contributed by atoms with van der Waals surface area (Å²) in [6.45, 7) is 1.50. The van der Waals surface area contributed by atoms with Crippen molar-refractivity contribution in [1.29, 1.82) is 0 Å². The smallest absolute Gasteiger partial charge is 0.339 e. The van der Waals surface area contributed by atoms with Crippen molar-refractivity contribution in [2.24, 2.45) is 0 Å². The highest BCUT2D eigenvalue weighted by Crippen LogP contribution is 2.32. The number of carbonyl (C=O) groups excluding carboxylic acids is 1. The van der Waals surface area contributed by atoms with E-state index in [1.807, 2.05) is 0 Å². The Morgan fingerprint density at radius 3 is 2.79 bits per heavy atom. The normalized spacial score (nSPS) is 16.2. The van der Waals surface area contributed by atoms with Gasteiger partial charge in [-0.3, -0.25) is 0 Å². The van der Waals surface area contributed by atoms with Gasteiger partial charge in [-0.25, -0.2) is 4.79 Å². The summed E-state index contributed by atoms with van der Waals surface area (Å²) in [6.07, 6.45) is 1.87. The van der Waals surface area contributed by atoms with E-state index < -0.39 is 5.97 Å². The fraction of sp³-hybridized carbons (Fsp3) is 0.462. The molecule has 1 aliphatic heterocycles. The summed E-state index contributed by atoms with van der Waals surface area (Å²) < 4.78 is 10.7. The van der Waals surface area contributed by atoms with Gasteiger partial charge in [0.2, 0.25) is 0 Å². The molecule has 6 heteroatoms. The minimum absolute atomic E-state index is 0.328. The number of carbonyl (C=O) groups is 1. The van der Waals surface area contributed by atoms with Gasteiger partial charge in [-0.1, -0.05) is 11.6 Å². The molecule has 1 saturated heterocycles. The van der Waals surface area contributed by atoms with E-state index in [0.717, 1.165) is 31.7 Å². The van der Waals surface area contributed by atoms with Gasteiger partial charge in [0.05, 0.1) is 22.8 Å². The van der Waals surface area contributed by atoms with Crippen molar-refractivity contribution in [2.75, 3.05) is 25.6 Å². The third kappa shape index (κ3) is 3.61. The molecule has 0 radical (unpaired) electrons. The third-order valence-electron chi connectivity index (χ3n) is 3.02. The number of hydrogen-bond acceptors (Lipinski definition) is 4. The van der Waals surface area contributed by atoms with E-state index in [0.29, 0.717) is 21.1 Å². The number of esters is 1. The van der Waals surface area contributed by atoms with Crippen molar-refractivity contribution in [3.63, 3.8) is 0 Å². The molecule has 1 aliphatic rings. The number of rotatable bonds is 3. The van der Waals surface area contributed by atoms with Crippen LogP contribution < -0.4 is 5.32 Å². The molecule has 0 unspecified atom stereocenters. The highest BCUT2D eigenvalue weighted by Gasteiger charge is 2.19. The van der Waals surface area contributed by atoms with E-state index >= 15 is 0 Å². The van der Waals surface area contributed by atoms with Gasteiger partial charge >= 0.3 is 5.97 Å². The summed E-state index contributed by atoms with van der Waals surface area (Å²) in [7, 11) is 1.35. The number of hydrogen-bond donors (Lipinski definition) is 1. The first kappa shape index (κ1) is 14.6. The molecule has 19 heavy (non-hydrogen) atoms. The van der Waals surface area contributed by atoms with Crippen LogP contribution in [-0.2, 0) is 9.47 Å². The second-order valence-electron chi connectivity index (χ2n) is 4.34. The van der Waals surface area contributed by atoms with Gasteiger partial charge in [-0.2, -0.15) is 0 Å². The van der Waals surface area contributed by atoms with Crippen LogP contribution in [0.5, 0.6) is 0 Å². The molecule has 1 fully saturated rings. The van der Waals surface area contributed by atoms with Gasteiger partial charge in [0, 0.05) is 24.3 Å². The van der Waals surface area contributed by atoms with Crippen molar-refractivity contribution in [1.82, 2.24) is 0 Å². The maximum atomic E-state index is 11.7. The Labute approximate surface area is 125 Å². The van der Waals surface area contributed by atoms with Crippen molar-refractivity contribution in [3.05, 3.63) is 27.2 Å². The fourth-order valence-corrected chi connectivity index (χ4v) is 2.74. The predicted molar refractivity (Wildman–Crippen MR) is 78.0 cm³/mol. The molecular weight excluding hydrogens is 334 g/mol. The lowest BCUT2D eigenvalue weighted by Gasteiger charge is -2.25. The van der Waals surface area contributed by atoms with Gasteiger partial charge in [-0.05, 0) is 40.9 Å². The van der Waals surface area contributed by atoms with Crippen LogP contribution in [0.4, 0.5) is 5.69 Å². The van der Waals surface area contributed by atoms with Crippen molar-refractivity contribution < 1.29 is 14.3 Å². The summed E-state index contributed by atoms with van der Waals surface area (Å²) >= 11 is 9.48. The minimum atomic E-state index is -0.413. The highest BCUT2D eigenvalue weighted by atomic mass is 79.9. The lowest BCUT2D eigenvalue weighted by Crippen LogP contribution is -2.28. The Morgan fingerprint density at radius 2 is 2.16 bits per heavy atom. The van der Waals surface area contributed by atoms with Gasteiger partial charge in [0.15, 0.2) is 0 Å². The zero-order chi connectivity index (χ0) is 13.8. The fourth-order valence-electron chi connectivity index (χ4n) is 2.01. The maximum absolute atomic E-state index is 11.7. The monoisotopic (exact) mass is 347 g/mol. The molecule has 0 saturated carbocycles. The predicted octanol–water partition coefficient (Wildman–Crippen LogP) is 3.48. The molecule has 1 N–H and O–H groups in total. The zero-order valence-electron chi connectivity index (χ0n) is 10.5. The summed E-state index contributed by atoms with van der Waals surface area (Å²) in [5, 5.41) is 3.89. The molecule has 1 aromatic rings. The molecule has 0 spiro atoms. The van der Waals surface area contributed by atoms with Crippen LogP contribution in [0.2, 0.25) is 5.02 Å². The molecule has 2 rings (SSSR count). The average molecular weight is 349 g/mol. The van der Waals surface area contributed by atoms with Crippen LogP contribution in [0.3, 0.4) is 0 Å². The number of benzene rings is 1. The molecule has 0 atom stereocenters. The first-order valence-corrected chi connectivity index (χ1v) is 7.20. The van der Waals surface area contributed by atoms with Crippen molar-refractivity contribution >= 4 is 39.2 Å². The average Bonchev–Trinajstić information content (AvgIpc) is 2.42. The van der Waals surface area contributed by atoms with Gasteiger partial charge in [0.1, 0.15) is 0 Å². The van der Waals surface area contributed by atoms with Crippen LogP contribution in [0, 0.1) is 0 Å². The Bertz CT molecular complexity index is 475. The Balaban J connectivity index is 2.24. The summed E-state index contributed by atoms with van der Waals surface area (Å²) in [5.74, 6) is -0.413. The van der Waals surface area contributed by atoms with Crippen LogP contribution >= 0.6 is 27.5 Å². The molecule has 1 aromatic carbocycles. The Hall–Kier alpha value is -0.780. The van der Waals surface area contributed by atoms with Crippen LogP contribution in [0.1, 0.15) is 23.2 Å². The van der Waals surface area contributed by atoms with Gasteiger partial charge in [0.25, 0.3) is 0 Å². The first-order chi connectivity index (χ1) is 9.11. The molecule has 4 nitrogen and oxygen atoms in total. The largest absolute Gasteiger partial charge is 0.465 e.